The van der Waals surface area contributed by atoms with E-state index in [1.54, 1.807) is 0 Å². The van der Waals surface area contributed by atoms with Crippen LogP contribution in [-0.4, -0.2) is 43.2 Å². The van der Waals surface area contributed by atoms with Gasteiger partial charge >= 0.3 is 0 Å². The van der Waals surface area contributed by atoms with Crippen molar-refractivity contribution in [3.63, 3.8) is 0 Å². The van der Waals surface area contributed by atoms with E-state index in [0.717, 1.165) is 12.8 Å². The fourth-order valence-electron chi connectivity index (χ4n) is 2.33. The number of hydrogen-bond acceptors (Lipinski definition) is 4. The van der Waals surface area contributed by atoms with Crippen LogP contribution in [0.3, 0.4) is 0 Å². The second kappa shape index (κ2) is 4.57. The van der Waals surface area contributed by atoms with Crippen molar-refractivity contribution >= 4 is 0 Å². The van der Waals surface area contributed by atoms with Gasteiger partial charge in [0.2, 0.25) is 0 Å². The molecule has 2 fully saturated rings. The lowest BCUT2D eigenvalue weighted by Crippen LogP contribution is -2.35. The standard InChI is InChI=1S/C10H19NO3/c11-4-7-2-1-3-9(7)14-10-6-13-5-8(10)12/h7-10,12H,1-6,11H2. The molecule has 1 saturated heterocycles. The lowest BCUT2D eigenvalue weighted by Gasteiger charge is -2.23. The van der Waals surface area contributed by atoms with Crippen molar-refractivity contribution in [2.45, 2.75) is 37.6 Å². The SMILES string of the molecule is NCC1CCCC1OC1COCC1O. The van der Waals surface area contributed by atoms with Crippen molar-refractivity contribution in [3.8, 4) is 0 Å². The molecule has 4 atom stereocenters. The van der Waals surface area contributed by atoms with E-state index >= 15 is 0 Å². The van der Waals surface area contributed by atoms with E-state index in [4.69, 9.17) is 15.2 Å². The van der Waals surface area contributed by atoms with Gasteiger partial charge < -0.3 is 20.3 Å². The van der Waals surface area contributed by atoms with Crippen LogP contribution in [0.25, 0.3) is 0 Å². The van der Waals surface area contributed by atoms with Gasteiger partial charge in [-0.3, -0.25) is 0 Å². The van der Waals surface area contributed by atoms with E-state index in [-0.39, 0.29) is 12.2 Å². The number of rotatable bonds is 3. The predicted octanol–water partition coefficient (Wildman–Crippen LogP) is -0.110. The molecule has 0 amide bonds. The first-order valence-electron chi connectivity index (χ1n) is 5.42. The molecule has 14 heavy (non-hydrogen) atoms. The molecule has 3 N–H and O–H groups in total. The van der Waals surface area contributed by atoms with Gasteiger partial charge in [-0.25, -0.2) is 0 Å². The smallest absolute Gasteiger partial charge is 0.109 e. The maximum atomic E-state index is 9.53. The summed E-state index contributed by atoms with van der Waals surface area (Å²) in [5.74, 6) is 0.475. The third kappa shape index (κ3) is 2.08. The summed E-state index contributed by atoms with van der Waals surface area (Å²) < 4.78 is 11.0. The average molecular weight is 201 g/mol. The number of ether oxygens (including phenoxy) is 2. The monoisotopic (exact) mass is 201 g/mol. The largest absolute Gasteiger partial charge is 0.388 e. The summed E-state index contributed by atoms with van der Waals surface area (Å²) in [6, 6.07) is 0. The maximum absolute atomic E-state index is 9.53. The summed E-state index contributed by atoms with van der Waals surface area (Å²) in [5.41, 5.74) is 5.66. The van der Waals surface area contributed by atoms with Gasteiger partial charge in [0.1, 0.15) is 12.2 Å². The minimum atomic E-state index is -0.450. The highest BCUT2D eigenvalue weighted by Crippen LogP contribution is 2.29. The van der Waals surface area contributed by atoms with Crippen LogP contribution < -0.4 is 5.73 Å². The van der Waals surface area contributed by atoms with Crippen LogP contribution >= 0.6 is 0 Å². The Hall–Kier alpha value is -0.160. The molecule has 0 aromatic carbocycles. The fraction of sp³-hybridized carbons (Fsp3) is 1.00. The first kappa shape index (κ1) is 10.4. The third-order valence-electron chi connectivity index (χ3n) is 3.24. The Morgan fingerprint density at radius 3 is 2.79 bits per heavy atom. The predicted molar refractivity (Wildman–Crippen MR) is 51.9 cm³/mol. The van der Waals surface area contributed by atoms with Gasteiger partial charge in [0.15, 0.2) is 0 Å². The summed E-state index contributed by atoms with van der Waals surface area (Å²) in [7, 11) is 0. The molecule has 1 aliphatic heterocycles. The maximum Gasteiger partial charge on any atom is 0.109 e. The van der Waals surface area contributed by atoms with Gasteiger partial charge in [0, 0.05) is 0 Å². The molecule has 82 valence electrons. The summed E-state index contributed by atoms with van der Waals surface area (Å²) in [6.45, 7) is 1.62. The van der Waals surface area contributed by atoms with Crippen molar-refractivity contribution < 1.29 is 14.6 Å². The van der Waals surface area contributed by atoms with E-state index in [1.807, 2.05) is 0 Å². The summed E-state index contributed by atoms with van der Waals surface area (Å²) in [4.78, 5) is 0. The van der Waals surface area contributed by atoms with Crippen LogP contribution in [0.5, 0.6) is 0 Å². The second-order valence-electron chi connectivity index (χ2n) is 4.24. The van der Waals surface area contributed by atoms with Crippen molar-refractivity contribution in [1.29, 1.82) is 0 Å². The summed E-state index contributed by atoms with van der Waals surface area (Å²) in [5, 5.41) is 9.53. The molecule has 1 saturated carbocycles. The first-order valence-corrected chi connectivity index (χ1v) is 5.42. The highest BCUT2D eigenvalue weighted by atomic mass is 16.6. The Morgan fingerprint density at radius 1 is 1.29 bits per heavy atom. The van der Waals surface area contributed by atoms with Crippen molar-refractivity contribution in [3.05, 3.63) is 0 Å². The molecule has 0 bridgehead atoms. The van der Waals surface area contributed by atoms with Crippen molar-refractivity contribution in [2.75, 3.05) is 19.8 Å². The molecule has 4 heteroatoms. The van der Waals surface area contributed by atoms with Crippen LogP contribution in [-0.2, 0) is 9.47 Å². The Kier molecular flexibility index (Phi) is 3.38. The molecular weight excluding hydrogens is 182 g/mol. The van der Waals surface area contributed by atoms with Gasteiger partial charge in [-0.15, -0.1) is 0 Å². The van der Waals surface area contributed by atoms with Crippen LogP contribution in [0.4, 0.5) is 0 Å². The first-order chi connectivity index (χ1) is 6.81. The summed E-state index contributed by atoms with van der Waals surface area (Å²) in [6.07, 6.45) is 3.08. The molecule has 2 rings (SSSR count). The van der Waals surface area contributed by atoms with Gasteiger partial charge in [-0.05, 0) is 25.3 Å². The lowest BCUT2D eigenvalue weighted by atomic mass is 10.1. The minimum Gasteiger partial charge on any atom is -0.388 e. The second-order valence-corrected chi connectivity index (χ2v) is 4.24. The molecule has 2 aliphatic rings. The molecular formula is C10H19NO3. The normalized spacial score (nSPS) is 43.3. The van der Waals surface area contributed by atoms with Crippen molar-refractivity contribution in [1.82, 2.24) is 0 Å². The Bertz CT molecular complexity index is 188. The fourth-order valence-corrected chi connectivity index (χ4v) is 2.33. The molecule has 1 aliphatic carbocycles. The van der Waals surface area contributed by atoms with Crippen LogP contribution in [0.1, 0.15) is 19.3 Å². The van der Waals surface area contributed by atoms with E-state index in [2.05, 4.69) is 0 Å². The van der Waals surface area contributed by atoms with Crippen LogP contribution in [0.2, 0.25) is 0 Å². The quantitative estimate of drug-likeness (QED) is 0.668. The van der Waals surface area contributed by atoms with Crippen LogP contribution in [0, 0.1) is 5.92 Å². The van der Waals surface area contributed by atoms with Gasteiger partial charge in [-0.2, -0.15) is 0 Å². The average Bonchev–Trinajstić information content (AvgIpc) is 2.77. The number of nitrogens with two attached hydrogens (primary N) is 1. The Balaban J connectivity index is 1.83. The highest BCUT2D eigenvalue weighted by molar-refractivity contribution is 4.83. The molecule has 0 aromatic rings. The minimum absolute atomic E-state index is 0.132. The molecule has 1 heterocycles. The van der Waals surface area contributed by atoms with Crippen molar-refractivity contribution in [2.24, 2.45) is 11.7 Å². The van der Waals surface area contributed by atoms with Gasteiger partial charge in [0.25, 0.3) is 0 Å². The zero-order valence-electron chi connectivity index (χ0n) is 8.39. The molecule has 0 radical (unpaired) electrons. The molecule has 0 aromatic heterocycles. The molecule has 4 nitrogen and oxygen atoms in total. The zero-order chi connectivity index (χ0) is 9.97. The molecule has 4 unspecified atom stereocenters. The van der Waals surface area contributed by atoms with E-state index in [0.29, 0.717) is 25.7 Å². The number of aliphatic hydroxyl groups is 1. The van der Waals surface area contributed by atoms with E-state index < -0.39 is 6.10 Å². The Morgan fingerprint density at radius 2 is 2.14 bits per heavy atom. The highest BCUT2D eigenvalue weighted by Gasteiger charge is 2.34. The molecule has 0 spiro atoms. The Labute approximate surface area is 84.4 Å². The number of hydrogen-bond donors (Lipinski definition) is 2. The van der Waals surface area contributed by atoms with Crippen LogP contribution in [0.15, 0.2) is 0 Å². The zero-order valence-corrected chi connectivity index (χ0v) is 8.39. The third-order valence-corrected chi connectivity index (χ3v) is 3.24. The number of aliphatic hydroxyl groups excluding tert-OH is 1. The topological polar surface area (TPSA) is 64.7 Å². The van der Waals surface area contributed by atoms with Gasteiger partial charge in [-0.1, -0.05) is 6.42 Å². The lowest BCUT2D eigenvalue weighted by molar-refractivity contribution is -0.0675. The van der Waals surface area contributed by atoms with E-state index in [9.17, 15) is 5.11 Å². The van der Waals surface area contributed by atoms with Gasteiger partial charge in [0.05, 0.1) is 19.3 Å². The van der Waals surface area contributed by atoms with E-state index in [1.165, 1.54) is 6.42 Å². The summed E-state index contributed by atoms with van der Waals surface area (Å²) >= 11 is 0.